The number of aliphatic imine (C=N–C) groups is 1. The first-order chi connectivity index (χ1) is 37.7. The number of hydrogen-bond donors (Lipinski definition) is 3. The first-order valence-corrected chi connectivity index (χ1v) is 25.9. The Morgan fingerprint density at radius 2 is 1.33 bits per heavy atom. The van der Waals surface area contributed by atoms with Gasteiger partial charge in [0.15, 0.2) is 0 Å². The summed E-state index contributed by atoms with van der Waals surface area (Å²) in [5.41, 5.74) is -0.918. The molecule has 5 rings (SSSR count). The lowest BCUT2D eigenvalue weighted by Crippen LogP contribution is -2.44. The van der Waals surface area contributed by atoms with Crippen LogP contribution in [-0.4, -0.2) is 116 Å². The van der Waals surface area contributed by atoms with Gasteiger partial charge < -0.3 is 42.2 Å². The number of ether oxygens (including phenoxy) is 7. The van der Waals surface area contributed by atoms with Gasteiger partial charge in [0.25, 0.3) is 14.1 Å². The molecule has 2 amide bonds. The molecule has 1 aliphatic heterocycles. The summed E-state index contributed by atoms with van der Waals surface area (Å²) in [6.45, 7) is 6.69. The molecule has 0 bridgehead atoms. The standard InChI is InChI=1S/C54H62N9O14P/c1-37(2)63(38(3)4)78(75-33-25-48(64)71-30-11-26-55)77-45-34-47(62-35-39(49(65)59-51(62)66)14-10-29-58-50(60-52(67)72-31-12-27-56)61-53(68)73-32-13-28-57)76-46(45)36-74-54(40-15-8-7-9-16-40,41-17-21-43(69-5)22-18-41)42-19-23-44(70-6)24-20-42/h7-9,15-24,35,37-38,45-47H,11-13,25,29-34,36H2,1-6H3,(H,59,65,66)(H2,58,60,61,67,68)/t45-,46+,47+,78?/m0/s1. The Hall–Kier alpha value is -8.12. The molecule has 0 saturated carbocycles. The van der Waals surface area contributed by atoms with Crippen LogP contribution in [0.4, 0.5) is 9.59 Å². The van der Waals surface area contributed by atoms with Crippen molar-refractivity contribution in [2.45, 2.75) is 95.9 Å². The van der Waals surface area contributed by atoms with Gasteiger partial charge in [-0.05, 0) is 68.7 Å². The number of alkyl carbamates (subject to hydrolysis) is 2. The second-order valence-electron chi connectivity index (χ2n) is 17.4. The summed E-state index contributed by atoms with van der Waals surface area (Å²) in [4.78, 5) is 70.9. The lowest BCUT2D eigenvalue weighted by atomic mass is 9.80. The molecule has 4 atom stereocenters. The predicted octanol–water partition coefficient (Wildman–Crippen LogP) is 6.43. The Morgan fingerprint density at radius 1 is 0.795 bits per heavy atom. The van der Waals surface area contributed by atoms with E-state index < -0.39 is 74.5 Å². The normalized spacial score (nSPS) is 15.1. The summed E-state index contributed by atoms with van der Waals surface area (Å²) in [7, 11) is 1.18. The molecule has 1 aliphatic rings. The van der Waals surface area contributed by atoms with Crippen LogP contribution in [0.5, 0.6) is 11.5 Å². The maximum absolute atomic E-state index is 13.8. The van der Waals surface area contributed by atoms with E-state index in [2.05, 4.69) is 32.5 Å². The highest BCUT2D eigenvalue weighted by molar-refractivity contribution is 7.44. The van der Waals surface area contributed by atoms with Crippen molar-refractivity contribution in [1.82, 2.24) is 24.9 Å². The largest absolute Gasteiger partial charge is 0.497 e. The number of nitrogens with zero attached hydrogens (tertiary/aromatic N) is 6. The minimum absolute atomic E-state index is 0.0125. The van der Waals surface area contributed by atoms with Gasteiger partial charge in [0.1, 0.15) is 61.4 Å². The van der Waals surface area contributed by atoms with Crippen LogP contribution in [0, 0.1) is 45.8 Å². The number of nitrogens with one attached hydrogen (secondary N) is 3. The molecule has 412 valence electrons. The number of benzene rings is 3. The van der Waals surface area contributed by atoms with Gasteiger partial charge in [-0.15, -0.1) is 0 Å². The van der Waals surface area contributed by atoms with Crippen LogP contribution in [0.1, 0.15) is 88.3 Å². The molecular formula is C54H62N9O14P. The zero-order valence-electron chi connectivity index (χ0n) is 44.1. The van der Waals surface area contributed by atoms with Crippen molar-refractivity contribution in [1.29, 1.82) is 15.8 Å². The first-order valence-electron chi connectivity index (χ1n) is 24.7. The fraction of sp³-hybridized carbons (Fsp3) is 0.426. The number of H-pyrrole nitrogens is 1. The lowest BCUT2D eigenvalue weighted by Gasteiger charge is -2.39. The molecule has 3 aromatic carbocycles. The number of nitriles is 3. The third-order valence-corrected chi connectivity index (χ3v) is 13.6. The Kier molecular flexibility index (Phi) is 24.3. The van der Waals surface area contributed by atoms with Crippen LogP contribution in [0.25, 0.3) is 0 Å². The molecule has 0 radical (unpaired) electrons. The highest BCUT2D eigenvalue weighted by Gasteiger charge is 2.45. The molecule has 1 aromatic heterocycles. The van der Waals surface area contributed by atoms with Crippen LogP contribution in [0.15, 0.2) is 99.6 Å². The Bertz CT molecular complexity index is 2870. The van der Waals surface area contributed by atoms with Crippen molar-refractivity contribution in [3.05, 3.63) is 128 Å². The number of carbonyl (C=O) groups excluding carboxylic acids is 3. The molecule has 3 N–H and O–H groups in total. The van der Waals surface area contributed by atoms with Crippen molar-refractivity contribution in [3.8, 4) is 41.5 Å². The molecule has 1 unspecified atom stereocenters. The quantitative estimate of drug-likeness (QED) is 0.00941. The molecule has 78 heavy (non-hydrogen) atoms. The highest BCUT2D eigenvalue weighted by Crippen LogP contribution is 2.51. The zero-order valence-corrected chi connectivity index (χ0v) is 45.0. The van der Waals surface area contributed by atoms with Gasteiger partial charge in [0.2, 0.25) is 5.96 Å². The predicted molar refractivity (Wildman–Crippen MR) is 282 cm³/mol. The maximum atomic E-state index is 13.8. The summed E-state index contributed by atoms with van der Waals surface area (Å²) in [5, 5.41) is 31.0. The number of methoxy groups -OCH3 is 2. The average molecular weight is 1090 g/mol. The summed E-state index contributed by atoms with van der Waals surface area (Å²) in [6.07, 6.45) is -4.06. The monoisotopic (exact) mass is 1090 g/mol. The molecule has 0 aliphatic carbocycles. The van der Waals surface area contributed by atoms with Gasteiger partial charge in [0, 0.05) is 24.7 Å². The van der Waals surface area contributed by atoms with Gasteiger partial charge in [0.05, 0.1) is 77.4 Å². The molecule has 0 spiro atoms. The zero-order chi connectivity index (χ0) is 56.5. The van der Waals surface area contributed by atoms with E-state index in [0.29, 0.717) is 11.5 Å². The van der Waals surface area contributed by atoms with Crippen LogP contribution >= 0.6 is 8.53 Å². The van der Waals surface area contributed by atoms with Crippen molar-refractivity contribution >= 4 is 32.6 Å². The molecule has 4 aromatic rings. The third kappa shape index (κ3) is 17.5. The van der Waals surface area contributed by atoms with E-state index in [1.54, 1.807) is 14.2 Å². The minimum Gasteiger partial charge on any atom is -0.497 e. The molecule has 2 heterocycles. The van der Waals surface area contributed by atoms with E-state index in [1.807, 2.05) is 129 Å². The van der Waals surface area contributed by atoms with Crippen molar-refractivity contribution < 1.29 is 56.6 Å². The van der Waals surface area contributed by atoms with Crippen LogP contribution < -0.4 is 31.4 Å². The number of aromatic amines is 1. The lowest BCUT2D eigenvalue weighted by molar-refractivity contribution is -0.144. The summed E-state index contributed by atoms with van der Waals surface area (Å²) in [6, 6.07) is 29.9. The summed E-state index contributed by atoms with van der Waals surface area (Å²) in [5.74, 6) is 5.58. The van der Waals surface area contributed by atoms with E-state index in [9.17, 15) is 24.0 Å². The number of hydrogen-bond acceptors (Lipinski definition) is 19. The van der Waals surface area contributed by atoms with Crippen molar-refractivity contribution in [2.75, 3.05) is 53.8 Å². The van der Waals surface area contributed by atoms with Crippen LogP contribution in [-0.2, 0) is 43.1 Å². The molecule has 1 fully saturated rings. The van der Waals surface area contributed by atoms with E-state index >= 15 is 0 Å². The topological polar surface area (TPSA) is 300 Å². The van der Waals surface area contributed by atoms with Gasteiger partial charge in [-0.3, -0.25) is 29.8 Å². The van der Waals surface area contributed by atoms with E-state index in [1.165, 1.54) is 10.8 Å². The number of carbonyl (C=O) groups is 3. The fourth-order valence-corrected chi connectivity index (χ4v) is 9.70. The van der Waals surface area contributed by atoms with Gasteiger partial charge >= 0.3 is 23.8 Å². The number of aromatic nitrogens is 2. The SMILES string of the molecule is COc1ccc(C(OC[C@H]2O[C@@H](n3cc(C#CCN=C(NC(=O)OCCC#N)NC(=O)OCCC#N)c(=O)[nH]c3=O)C[C@@H]2OP(OCCC(=O)OCCC#N)N(C(C)C)C(C)C)(c2ccccc2)c2ccc(OC)cc2)cc1. The summed E-state index contributed by atoms with van der Waals surface area (Å²) < 4.78 is 56.8. The van der Waals surface area contributed by atoms with Gasteiger partial charge in [-0.2, -0.15) is 15.8 Å². The first kappa shape index (κ1) is 60.7. The Balaban J connectivity index is 1.56. The van der Waals surface area contributed by atoms with E-state index in [4.69, 9.17) is 58.0 Å². The number of rotatable bonds is 25. The highest BCUT2D eigenvalue weighted by atomic mass is 31.2. The second kappa shape index (κ2) is 31.2. The Morgan fingerprint density at radius 3 is 1.86 bits per heavy atom. The smallest absolute Gasteiger partial charge is 0.413 e. The van der Waals surface area contributed by atoms with E-state index in [-0.39, 0.29) is 82.8 Å². The molecule has 24 heteroatoms. The average Bonchev–Trinajstić information content (AvgIpc) is 3.99. The van der Waals surface area contributed by atoms with Crippen molar-refractivity contribution in [3.63, 3.8) is 0 Å². The number of amides is 2. The number of esters is 1. The minimum atomic E-state index is -1.98. The maximum Gasteiger partial charge on any atom is 0.413 e. The summed E-state index contributed by atoms with van der Waals surface area (Å²) >= 11 is 0. The molecule has 1 saturated heterocycles. The Labute approximate surface area is 452 Å². The van der Waals surface area contributed by atoms with Crippen LogP contribution in [0.3, 0.4) is 0 Å². The van der Waals surface area contributed by atoms with Gasteiger partial charge in [-0.1, -0.05) is 66.4 Å². The van der Waals surface area contributed by atoms with Crippen LogP contribution in [0.2, 0.25) is 0 Å². The molecular weight excluding hydrogens is 1030 g/mol. The molecule has 23 nitrogen and oxygen atoms in total. The van der Waals surface area contributed by atoms with E-state index in [0.717, 1.165) is 16.7 Å². The number of guanidine groups is 1. The third-order valence-electron chi connectivity index (χ3n) is 11.4. The fourth-order valence-electron chi connectivity index (χ4n) is 7.94. The van der Waals surface area contributed by atoms with Crippen molar-refractivity contribution in [2.24, 2.45) is 4.99 Å². The second-order valence-corrected chi connectivity index (χ2v) is 18.8. The van der Waals surface area contributed by atoms with Gasteiger partial charge in [-0.25, -0.2) is 24.0 Å².